The molecule has 1 aromatic carbocycles. The van der Waals surface area contributed by atoms with Crippen molar-refractivity contribution < 1.29 is 10.2 Å². The van der Waals surface area contributed by atoms with Gasteiger partial charge in [-0.25, -0.2) is 0 Å². The fraction of sp³-hybridized carbons (Fsp3) is 0.588. The molecule has 2 heterocycles. The van der Waals surface area contributed by atoms with Gasteiger partial charge in [0.1, 0.15) is 11.5 Å². The van der Waals surface area contributed by atoms with Gasteiger partial charge in [-0.1, -0.05) is 6.42 Å². The molecule has 0 radical (unpaired) electrons. The summed E-state index contributed by atoms with van der Waals surface area (Å²) in [5.41, 5.74) is 0.670. The minimum Gasteiger partial charge on any atom is -0.508 e. The van der Waals surface area contributed by atoms with E-state index >= 15 is 0 Å². The Hall–Kier alpha value is -1.55. The first-order chi connectivity index (χ1) is 10.2. The molecule has 0 saturated carbocycles. The maximum atomic E-state index is 9.76. The minimum absolute atomic E-state index is 0.0785. The van der Waals surface area contributed by atoms with Crippen molar-refractivity contribution in [2.75, 3.05) is 19.6 Å². The zero-order chi connectivity index (χ0) is 14.7. The second-order valence-electron chi connectivity index (χ2n) is 6.24. The highest BCUT2D eigenvalue weighted by Crippen LogP contribution is 2.31. The minimum atomic E-state index is 0.0785. The van der Waals surface area contributed by atoms with Crippen LogP contribution in [0.25, 0.3) is 0 Å². The van der Waals surface area contributed by atoms with Crippen LogP contribution >= 0.6 is 0 Å². The van der Waals surface area contributed by atoms with E-state index in [1.165, 1.54) is 51.3 Å². The average Bonchev–Trinajstić information content (AvgIpc) is 2.50. The zero-order valence-electron chi connectivity index (χ0n) is 12.4. The van der Waals surface area contributed by atoms with Crippen LogP contribution in [0.4, 0.5) is 0 Å². The molecule has 0 bridgehead atoms. The third-order valence-corrected chi connectivity index (χ3v) is 4.81. The van der Waals surface area contributed by atoms with E-state index in [-0.39, 0.29) is 11.5 Å². The van der Waals surface area contributed by atoms with E-state index < -0.39 is 0 Å². The Morgan fingerprint density at radius 3 is 2.86 bits per heavy atom. The lowest BCUT2D eigenvalue weighted by molar-refractivity contribution is 0.0635. The second kappa shape index (κ2) is 6.48. The highest BCUT2D eigenvalue weighted by Gasteiger charge is 2.32. The number of phenolic OH excluding ortho intramolecular Hbond substituents is 2. The number of aliphatic imine (C=N–C) groups is 1. The van der Waals surface area contributed by atoms with Gasteiger partial charge in [-0.05, 0) is 56.8 Å². The smallest absolute Gasteiger partial charge is 0.128 e. The highest BCUT2D eigenvalue weighted by atomic mass is 16.3. The molecule has 0 amide bonds. The number of fused-ring (bicyclic) bond motifs is 1. The van der Waals surface area contributed by atoms with Crippen molar-refractivity contribution in [1.82, 2.24) is 4.90 Å². The van der Waals surface area contributed by atoms with Crippen LogP contribution in [0.2, 0.25) is 0 Å². The first-order valence-corrected chi connectivity index (χ1v) is 8.00. The molecule has 2 N–H and O–H groups in total. The molecule has 2 saturated heterocycles. The van der Waals surface area contributed by atoms with Crippen LogP contribution in [0.1, 0.15) is 37.7 Å². The third-order valence-electron chi connectivity index (χ3n) is 4.81. The van der Waals surface area contributed by atoms with Crippen LogP contribution in [0.15, 0.2) is 23.2 Å². The molecule has 21 heavy (non-hydrogen) atoms. The Bertz CT molecular complexity index is 514. The molecule has 0 aromatic heterocycles. The molecule has 2 aliphatic rings. The SMILES string of the molecule is Oc1ccc(C=NC[C@H]2CCCN3CCCC[C@H]23)c(O)c1. The quantitative estimate of drug-likeness (QED) is 0.841. The summed E-state index contributed by atoms with van der Waals surface area (Å²) in [6.45, 7) is 3.34. The summed E-state index contributed by atoms with van der Waals surface area (Å²) in [5.74, 6) is 0.811. The molecule has 4 nitrogen and oxygen atoms in total. The number of aromatic hydroxyl groups is 2. The lowest BCUT2D eigenvalue weighted by Gasteiger charge is -2.43. The number of hydrogen-bond acceptors (Lipinski definition) is 4. The van der Waals surface area contributed by atoms with Crippen molar-refractivity contribution in [3.05, 3.63) is 23.8 Å². The molecule has 2 atom stereocenters. The molecule has 2 aliphatic heterocycles. The number of piperidine rings is 2. The van der Waals surface area contributed by atoms with Gasteiger partial charge in [0.05, 0.1) is 0 Å². The maximum absolute atomic E-state index is 9.76. The molecule has 4 heteroatoms. The van der Waals surface area contributed by atoms with Gasteiger partial charge in [0.25, 0.3) is 0 Å². The van der Waals surface area contributed by atoms with Gasteiger partial charge in [0, 0.05) is 30.4 Å². The predicted molar refractivity (Wildman–Crippen MR) is 84.2 cm³/mol. The van der Waals surface area contributed by atoms with Gasteiger partial charge < -0.3 is 15.1 Å². The monoisotopic (exact) mass is 288 g/mol. The fourth-order valence-corrected chi connectivity index (χ4v) is 3.72. The van der Waals surface area contributed by atoms with E-state index in [2.05, 4.69) is 9.89 Å². The number of benzene rings is 1. The maximum Gasteiger partial charge on any atom is 0.128 e. The lowest BCUT2D eigenvalue weighted by Crippen LogP contribution is -2.48. The van der Waals surface area contributed by atoms with Crippen molar-refractivity contribution in [3.8, 4) is 11.5 Å². The fourth-order valence-electron chi connectivity index (χ4n) is 3.72. The van der Waals surface area contributed by atoms with Gasteiger partial charge in [0.2, 0.25) is 0 Å². The molecule has 0 spiro atoms. The van der Waals surface area contributed by atoms with E-state index in [0.29, 0.717) is 17.5 Å². The van der Waals surface area contributed by atoms with E-state index in [4.69, 9.17) is 0 Å². The molecule has 2 fully saturated rings. The van der Waals surface area contributed by atoms with Gasteiger partial charge in [0.15, 0.2) is 0 Å². The van der Waals surface area contributed by atoms with Crippen LogP contribution in [-0.2, 0) is 0 Å². The van der Waals surface area contributed by atoms with Crippen molar-refractivity contribution in [3.63, 3.8) is 0 Å². The Morgan fingerprint density at radius 1 is 1.14 bits per heavy atom. The summed E-state index contributed by atoms with van der Waals surface area (Å²) < 4.78 is 0. The summed E-state index contributed by atoms with van der Waals surface area (Å²) >= 11 is 0. The van der Waals surface area contributed by atoms with Gasteiger partial charge in [-0.3, -0.25) is 4.99 Å². The van der Waals surface area contributed by atoms with E-state index in [1.807, 2.05) is 0 Å². The highest BCUT2D eigenvalue weighted by molar-refractivity contribution is 5.83. The summed E-state index contributed by atoms with van der Waals surface area (Å²) in [6.07, 6.45) is 8.27. The summed E-state index contributed by atoms with van der Waals surface area (Å²) in [5, 5.41) is 19.0. The van der Waals surface area contributed by atoms with Crippen molar-refractivity contribution in [1.29, 1.82) is 0 Å². The number of nitrogens with zero attached hydrogens (tertiary/aromatic N) is 2. The first kappa shape index (κ1) is 14.4. The lowest BCUT2D eigenvalue weighted by atomic mass is 9.83. The van der Waals surface area contributed by atoms with Gasteiger partial charge >= 0.3 is 0 Å². The molecular weight excluding hydrogens is 264 g/mol. The van der Waals surface area contributed by atoms with Crippen molar-refractivity contribution in [2.24, 2.45) is 10.9 Å². The van der Waals surface area contributed by atoms with Crippen molar-refractivity contribution in [2.45, 2.75) is 38.1 Å². The Balaban J connectivity index is 1.62. The number of hydrogen-bond donors (Lipinski definition) is 2. The Kier molecular flexibility index (Phi) is 4.44. The van der Waals surface area contributed by atoms with E-state index in [9.17, 15) is 10.2 Å². The third kappa shape index (κ3) is 3.38. The normalized spacial score (nSPS) is 26.9. The topological polar surface area (TPSA) is 56.1 Å². The van der Waals surface area contributed by atoms with Crippen LogP contribution in [0.3, 0.4) is 0 Å². The second-order valence-corrected chi connectivity index (χ2v) is 6.24. The van der Waals surface area contributed by atoms with Crippen molar-refractivity contribution >= 4 is 6.21 Å². The van der Waals surface area contributed by atoms with Crippen LogP contribution < -0.4 is 0 Å². The molecule has 3 rings (SSSR count). The summed E-state index contributed by atoms with van der Waals surface area (Å²) in [6, 6.07) is 5.33. The standard InChI is InChI=1S/C17H24N2O2/c20-15-7-6-14(17(21)10-15)12-18-11-13-4-3-9-19-8-2-1-5-16(13)19/h6-7,10,12-13,16,20-21H,1-5,8-9,11H2/t13-,16-/m1/s1. The zero-order valence-corrected chi connectivity index (χ0v) is 12.4. The Morgan fingerprint density at radius 2 is 2.00 bits per heavy atom. The van der Waals surface area contributed by atoms with Gasteiger partial charge in [-0.15, -0.1) is 0 Å². The van der Waals surface area contributed by atoms with Crippen LogP contribution in [0.5, 0.6) is 11.5 Å². The van der Waals surface area contributed by atoms with Gasteiger partial charge in [-0.2, -0.15) is 0 Å². The molecule has 0 unspecified atom stereocenters. The first-order valence-electron chi connectivity index (χ1n) is 8.00. The average molecular weight is 288 g/mol. The van der Waals surface area contributed by atoms with E-state index in [1.54, 1.807) is 18.3 Å². The number of rotatable bonds is 3. The van der Waals surface area contributed by atoms with E-state index in [0.717, 1.165) is 6.54 Å². The molecule has 1 aromatic rings. The largest absolute Gasteiger partial charge is 0.508 e. The number of phenols is 2. The molecular formula is C17H24N2O2. The van der Waals surface area contributed by atoms with Crippen LogP contribution in [0, 0.1) is 5.92 Å². The summed E-state index contributed by atoms with van der Waals surface area (Å²) in [7, 11) is 0. The molecule has 0 aliphatic carbocycles. The Labute approximate surface area is 126 Å². The van der Waals surface area contributed by atoms with Crippen LogP contribution in [-0.4, -0.2) is 47.0 Å². The molecule has 114 valence electrons. The summed E-state index contributed by atoms with van der Waals surface area (Å²) in [4.78, 5) is 7.20. The predicted octanol–water partition coefficient (Wildman–Crippen LogP) is 2.78.